The summed E-state index contributed by atoms with van der Waals surface area (Å²) in [5.41, 5.74) is 1.93. The van der Waals surface area contributed by atoms with Gasteiger partial charge in [-0.2, -0.15) is 5.26 Å². The van der Waals surface area contributed by atoms with Crippen molar-refractivity contribution in [1.82, 2.24) is 9.97 Å². The van der Waals surface area contributed by atoms with Gasteiger partial charge in [-0.15, -0.1) is 0 Å². The smallest absolute Gasteiger partial charge is 0.258 e. The zero-order valence-corrected chi connectivity index (χ0v) is 13.4. The monoisotopic (exact) mass is 350 g/mol. The molecule has 0 aliphatic rings. The second-order valence-corrected chi connectivity index (χ2v) is 5.47. The van der Waals surface area contributed by atoms with Crippen LogP contribution in [0.25, 0.3) is 0 Å². The van der Waals surface area contributed by atoms with E-state index in [2.05, 4.69) is 15.3 Å². The zero-order chi connectivity index (χ0) is 18.5. The summed E-state index contributed by atoms with van der Waals surface area (Å²) < 4.78 is 26.2. The van der Waals surface area contributed by atoms with E-state index in [9.17, 15) is 13.6 Å². The summed E-state index contributed by atoms with van der Waals surface area (Å²) in [6, 6.07) is 11.9. The van der Waals surface area contributed by atoms with Crippen LogP contribution in [0.2, 0.25) is 0 Å². The van der Waals surface area contributed by atoms with Gasteiger partial charge in [0.25, 0.3) is 5.91 Å². The molecule has 0 saturated heterocycles. The topological polar surface area (TPSA) is 78.7 Å². The number of aromatic nitrogens is 2. The van der Waals surface area contributed by atoms with Gasteiger partial charge in [-0.25, -0.2) is 18.7 Å². The van der Waals surface area contributed by atoms with Gasteiger partial charge < -0.3 is 5.32 Å². The predicted molar refractivity (Wildman–Crippen MR) is 90.3 cm³/mol. The number of anilines is 1. The maximum atomic E-state index is 13.2. The molecule has 2 heterocycles. The Morgan fingerprint density at radius 3 is 2.42 bits per heavy atom. The minimum absolute atomic E-state index is 0.223. The van der Waals surface area contributed by atoms with Gasteiger partial charge in [-0.3, -0.25) is 4.79 Å². The molecule has 0 radical (unpaired) electrons. The third-order valence-electron chi connectivity index (χ3n) is 3.60. The van der Waals surface area contributed by atoms with Crippen molar-refractivity contribution in [3.8, 4) is 6.07 Å². The average Bonchev–Trinajstić information content (AvgIpc) is 2.66. The first-order valence-electron chi connectivity index (χ1n) is 7.61. The van der Waals surface area contributed by atoms with Crippen molar-refractivity contribution in [3.05, 3.63) is 88.9 Å². The second kappa shape index (κ2) is 7.49. The maximum absolute atomic E-state index is 13.2. The van der Waals surface area contributed by atoms with Gasteiger partial charge in [0, 0.05) is 12.4 Å². The van der Waals surface area contributed by atoms with Crippen LogP contribution in [0.5, 0.6) is 0 Å². The van der Waals surface area contributed by atoms with E-state index in [1.807, 2.05) is 6.07 Å². The minimum Gasteiger partial charge on any atom is -0.307 e. The van der Waals surface area contributed by atoms with E-state index in [0.29, 0.717) is 23.4 Å². The standard InChI is InChI=1S/C19H12F2N4O/c20-16-5-1-12(8-17(16)21)7-13-2-6-18(24-10-13)25-19(26)14-3-4-15(9-22)23-11-14/h1-6,8,10-11H,7H2,(H,24,25,26). The van der Waals surface area contributed by atoms with Crippen molar-refractivity contribution in [2.75, 3.05) is 5.32 Å². The Bertz CT molecular complexity index is 980. The highest BCUT2D eigenvalue weighted by molar-refractivity contribution is 6.03. The molecule has 0 fully saturated rings. The molecule has 0 bridgehead atoms. The van der Waals surface area contributed by atoms with Crippen LogP contribution in [0.3, 0.4) is 0 Å². The molecular formula is C19H12F2N4O. The lowest BCUT2D eigenvalue weighted by Gasteiger charge is -2.06. The molecule has 1 aromatic carbocycles. The third kappa shape index (κ3) is 4.05. The van der Waals surface area contributed by atoms with E-state index in [0.717, 1.165) is 17.7 Å². The summed E-state index contributed by atoms with van der Waals surface area (Å²) in [5.74, 6) is -1.84. The first-order valence-corrected chi connectivity index (χ1v) is 7.61. The second-order valence-electron chi connectivity index (χ2n) is 5.47. The Labute approximate surface area is 148 Å². The number of rotatable bonds is 4. The Kier molecular flexibility index (Phi) is 4.94. The van der Waals surface area contributed by atoms with Gasteiger partial charge in [0.15, 0.2) is 11.6 Å². The summed E-state index contributed by atoms with van der Waals surface area (Å²) in [6.45, 7) is 0. The van der Waals surface area contributed by atoms with Crippen LogP contribution in [0.4, 0.5) is 14.6 Å². The number of halogens is 2. The molecule has 26 heavy (non-hydrogen) atoms. The van der Waals surface area contributed by atoms with E-state index in [1.165, 1.54) is 24.4 Å². The van der Waals surface area contributed by atoms with Crippen molar-refractivity contribution in [3.63, 3.8) is 0 Å². The van der Waals surface area contributed by atoms with Gasteiger partial charge in [0.2, 0.25) is 0 Å². The normalized spacial score (nSPS) is 10.2. The quantitative estimate of drug-likeness (QED) is 0.781. The molecule has 5 nitrogen and oxygen atoms in total. The number of carbonyl (C=O) groups excluding carboxylic acids is 1. The highest BCUT2D eigenvalue weighted by Crippen LogP contribution is 2.14. The number of pyridine rings is 2. The third-order valence-corrected chi connectivity index (χ3v) is 3.60. The number of amides is 1. The van der Waals surface area contributed by atoms with Crippen LogP contribution in [-0.4, -0.2) is 15.9 Å². The Balaban J connectivity index is 1.66. The highest BCUT2D eigenvalue weighted by atomic mass is 19.2. The highest BCUT2D eigenvalue weighted by Gasteiger charge is 2.08. The van der Waals surface area contributed by atoms with E-state index >= 15 is 0 Å². The molecule has 0 atom stereocenters. The van der Waals surface area contributed by atoms with Gasteiger partial charge in [-0.1, -0.05) is 12.1 Å². The van der Waals surface area contributed by atoms with Crippen LogP contribution in [0.15, 0.2) is 54.9 Å². The van der Waals surface area contributed by atoms with Gasteiger partial charge in [0.1, 0.15) is 17.6 Å². The van der Waals surface area contributed by atoms with Crippen molar-refractivity contribution in [2.24, 2.45) is 0 Å². The molecule has 128 valence electrons. The van der Waals surface area contributed by atoms with Crippen molar-refractivity contribution in [2.45, 2.75) is 6.42 Å². The van der Waals surface area contributed by atoms with E-state index in [4.69, 9.17) is 5.26 Å². The van der Waals surface area contributed by atoms with Gasteiger partial charge >= 0.3 is 0 Å². The van der Waals surface area contributed by atoms with Crippen LogP contribution in [0.1, 0.15) is 27.2 Å². The first kappa shape index (κ1) is 17.2. The molecular weight excluding hydrogens is 338 g/mol. The summed E-state index contributed by atoms with van der Waals surface area (Å²) in [4.78, 5) is 20.1. The number of hydrogen-bond donors (Lipinski definition) is 1. The summed E-state index contributed by atoms with van der Waals surface area (Å²) >= 11 is 0. The minimum atomic E-state index is -0.893. The molecule has 0 spiro atoms. The number of nitrogens with one attached hydrogen (secondary N) is 1. The van der Waals surface area contributed by atoms with Crippen molar-refractivity contribution >= 4 is 11.7 Å². The number of nitrogens with zero attached hydrogens (tertiary/aromatic N) is 3. The Hall–Kier alpha value is -3.66. The lowest BCUT2D eigenvalue weighted by atomic mass is 10.1. The molecule has 0 aliphatic carbocycles. The number of carbonyl (C=O) groups is 1. The van der Waals surface area contributed by atoms with E-state index in [1.54, 1.807) is 18.3 Å². The molecule has 0 aliphatic heterocycles. The van der Waals surface area contributed by atoms with E-state index in [-0.39, 0.29) is 5.69 Å². The summed E-state index contributed by atoms with van der Waals surface area (Å²) in [5, 5.41) is 11.3. The predicted octanol–water partition coefficient (Wildman–Crippen LogP) is 3.47. The summed E-state index contributed by atoms with van der Waals surface area (Å²) in [6.07, 6.45) is 3.25. The van der Waals surface area contributed by atoms with Gasteiger partial charge in [0.05, 0.1) is 5.56 Å². The molecule has 2 aromatic heterocycles. The fourth-order valence-electron chi connectivity index (χ4n) is 2.27. The molecule has 1 N–H and O–H groups in total. The van der Waals surface area contributed by atoms with Crippen LogP contribution < -0.4 is 5.32 Å². The van der Waals surface area contributed by atoms with Crippen LogP contribution in [0, 0.1) is 23.0 Å². The SMILES string of the molecule is N#Cc1ccc(C(=O)Nc2ccc(Cc3ccc(F)c(F)c3)cn2)cn1. The number of nitriles is 1. The van der Waals surface area contributed by atoms with Crippen LogP contribution >= 0.6 is 0 Å². The molecule has 0 saturated carbocycles. The van der Waals surface area contributed by atoms with Crippen LogP contribution in [-0.2, 0) is 6.42 Å². The fraction of sp³-hybridized carbons (Fsp3) is 0.0526. The lowest BCUT2D eigenvalue weighted by Crippen LogP contribution is -2.13. The Morgan fingerprint density at radius 1 is 1.00 bits per heavy atom. The molecule has 1 amide bonds. The fourth-order valence-corrected chi connectivity index (χ4v) is 2.27. The molecule has 7 heteroatoms. The van der Waals surface area contributed by atoms with Gasteiger partial charge in [-0.05, 0) is 47.9 Å². The average molecular weight is 350 g/mol. The van der Waals surface area contributed by atoms with Crippen molar-refractivity contribution < 1.29 is 13.6 Å². The Morgan fingerprint density at radius 2 is 1.81 bits per heavy atom. The van der Waals surface area contributed by atoms with E-state index < -0.39 is 17.5 Å². The summed E-state index contributed by atoms with van der Waals surface area (Å²) in [7, 11) is 0. The largest absolute Gasteiger partial charge is 0.307 e. The molecule has 3 aromatic rings. The zero-order valence-electron chi connectivity index (χ0n) is 13.4. The maximum Gasteiger partial charge on any atom is 0.258 e. The number of hydrogen-bond acceptors (Lipinski definition) is 4. The number of benzene rings is 1. The van der Waals surface area contributed by atoms with Crippen molar-refractivity contribution in [1.29, 1.82) is 5.26 Å². The lowest BCUT2D eigenvalue weighted by molar-refractivity contribution is 0.102. The first-order chi connectivity index (χ1) is 12.5. The molecule has 0 unspecified atom stereocenters. The molecule has 3 rings (SSSR count).